The summed E-state index contributed by atoms with van der Waals surface area (Å²) in [4.78, 5) is 14.1. The number of likely N-dealkylation sites (N-methyl/N-ethyl adjacent to an activating group) is 2. The van der Waals surface area contributed by atoms with E-state index in [1.165, 1.54) is 6.42 Å². The molecular weight excluding hydrogens is 399 g/mol. The van der Waals surface area contributed by atoms with Gasteiger partial charge in [-0.3, -0.25) is 4.90 Å². The Labute approximate surface area is 146 Å². The molecule has 2 heterocycles. The van der Waals surface area contributed by atoms with Crippen LogP contribution in [0.5, 0.6) is 0 Å². The standard InChI is InChI=1S/C15H24ClIN4/c1-15(2,3)12-11(17)13(16)19-14(18-12)10-9-20(4)7-6-8-21(10)5/h10H,6-9H2,1-5H3. The van der Waals surface area contributed by atoms with Gasteiger partial charge in [-0.1, -0.05) is 32.4 Å². The molecule has 0 amide bonds. The summed E-state index contributed by atoms with van der Waals surface area (Å²) in [7, 11) is 4.31. The lowest BCUT2D eigenvalue weighted by atomic mass is 9.92. The summed E-state index contributed by atoms with van der Waals surface area (Å²) in [5.41, 5.74) is 1.01. The Hall–Kier alpha value is 0.0200. The molecule has 2 rings (SSSR count). The molecule has 1 atom stereocenters. The van der Waals surface area contributed by atoms with Gasteiger partial charge in [-0.25, -0.2) is 9.97 Å². The molecule has 0 aliphatic carbocycles. The van der Waals surface area contributed by atoms with Crippen LogP contribution in [-0.2, 0) is 5.41 Å². The Bertz CT molecular complexity index is 515. The molecule has 0 radical (unpaired) electrons. The van der Waals surface area contributed by atoms with Crippen molar-refractivity contribution in [2.75, 3.05) is 33.7 Å². The summed E-state index contributed by atoms with van der Waals surface area (Å²) in [6.07, 6.45) is 1.17. The van der Waals surface area contributed by atoms with Gasteiger partial charge in [0.25, 0.3) is 0 Å². The molecule has 0 spiro atoms. The molecule has 6 heteroatoms. The second-order valence-electron chi connectivity index (χ2n) is 6.90. The minimum atomic E-state index is -0.0347. The van der Waals surface area contributed by atoms with Gasteiger partial charge in [0.15, 0.2) is 0 Å². The van der Waals surface area contributed by atoms with Gasteiger partial charge in [-0.05, 0) is 56.2 Å². The topological polar surface area (TPSA) is 32.3 Å². The van der Waals surface area contributed by atoms with E-state index in [0.717, 1.165) is 34.7 Å². The van der Waals surface area contributed by atoms with Crippen LogP contribution >= 0.6 is 34.2 Å². The second-order valence-corrected chi connectivity index (χ2v) is 8.33. The van der Waals surface area contributed by atoms with Gasteiger partial charge in [-0.15, -0.1) is 0 Å². The van der Waals surface area contributed by atoms with Gasteiger partial charge in [-0.2, -0.15) is 0 Å². The van der Waals surface area contributed by atoms with E-state index >= 15 is 0 Å². The van der Waals surface area contributed by atoms with Crippen LogP contribution in [-0.4, -0.2) is 53.5 Å². The van der Waals surface area contributed by atoms with E-state index in [2.05, 4.69) is 72.2 Å². The van der Waals surface area contributed by atoms with E-state index in [1.807, 2.05) is 0 Å². The lowest BCUT2D eigenvalue weighted by molar-refractivity contribution is 0.218. The Balaban J connectivity index is 2.45. The first-order chi connectivity index (χ1) is 9.70. The SMILES string of the molecule is CN1CCCN(C)C(c2nc(Cl)c(I)c(C(C)(C)C)n2)C1. The molecule has 1 aromatic heterocycles. The monoisotopic (exact) mass is 422 g/mol. The van der Waals surface area contributed by atoms with E-state index in [4.69, 9.17) is 16.6 Å². The van der Waals surface area contributed by atoms with Crippen molar-refractivity contribution in [1.29, 1.82) is 0 Å². The molecule has 118 valence electrons. The summed E-state index contributed by atoms with van der Waals surface area (Å²) < 4.78 is 0.968. The smallest absolute Gasteiger partial charge is 0.148 e. The zero-order valence-electron chi connectivity index (χ0n) is 13.5. The van der Waals surface area contributed by atoms with E-state index in [9.17, 15) is 0 Å². The van der Waals surface area contributed by atoms with Crippen molar-refractivity contribution in [3.8, 4) is 0 Å². The fraction of sp³-hybridized carbons (Fsp3) is 0.733. The van der Waals surface area contributed by atoms with Gasteiger partial charge >= 0.3 is 0 Å². The number of hydrogen-bond donors (Lipinski definition) is 0. The average molecular weight is 423 g/mol. The van der Waals surface area contributed by atoms with Crippen LogP contribution in [0.2, 0.25) is 5.15 Å². The first-order valence-corrected chi connectivity index (χ1v) is 8.78. The maximum atomic E-state index is 6.38. The molecule has 4 nitrogen and oxygen atoms in total. The van der Waals surface area contributed by atoms with Crippen molar-refractivity contribution in [2.45, 2.75) is 38.6 Å². The fourth-order valence-electron chi connectivity index (χ4n) is 2.63. The summed E-state index contributed by atoms with van der Waals surface area (Å²) in [5, 5.41) is 0.575. The van der Waals surface area contributed by atoms with Crippen LogP contribution < -0.4 is 0 Å². The molecule has 1 aromatic rings. The third kappa shape index (κ3) is 4.06. The average Bonchev–Trinajstić information content (AvgIpc) is 2.53. The van der Waals surface area contributed by atoms with Gasteiger partial charge in [0.2, 0.25) is 0 Å². The maximum absolute atomic E-state index is 6.38. The van der Waals surface area contributed by atoms with Crippen molar-refractivity contribution >= 4 is 34.2 Å². The zero-order valence-corrected chi connectivity index (χ0v) is 16.4. The fourth-order valence-corrected chi connectivity index (χ4v) is 3.86. The predicted molar refractivity (Wildman–Crippen MR) is 95.9 cm³/mol. The Morgan fingerprint density at radius 1 is 1.19 bits per heavy atom. The van der Waals surface area contributed by atoms with Crippen molar-refractivity contribution in [3.63, 3.8) is 0 Å². The van der Waals surface area contributed by atoms with Gasteiger partial charge < -0.3 is 4.90 Å². The van der Waals surface area contributed by atoms with E-state index in [-0.39, 0.29) is 11.5 Å². The van der Waals surface area contributed by atoms with Crippen molar-refractivity contribution in [3.05, 3.63) is 20.2 Å². The summed E-state index contributed by atoms with van der Waals surface area (Å²) in [6.45, 7) is 9.62. The molecule has 0 aromatic carbocycles. The van der Waals surface area contributed by atoms with Crippen LogP contribution in [0.3, 0.4) is 0 Å². The molecular formula is C15H24ClIN4. The Morgan fingerprint density at radius 3 is 2.48 bits per heavy atom. The third-order valence-electron chi connectivity index (χ3n) is 3.90. The Kier molecular flexibility index (Phi) is 5.50. The van der Waals surface area contributed by atoms with Gasteiger partial charge in [0, 0.05) is 12.0 Å². The highest BCUT2D eigenvalue weighted by atomic mass is 127. The van der Waals surface area contributed by atoms with Gasteiger partial charge in [0.05, 0.1) is 15.3 Å². The normalized spacial score (nSPS) is 22.3. The van der Waals surface area contributed by atoms with Crippen LogP contribution in [0.4, 0.5) is 0 Å². The van der Waals surface area contributed by atoms with E-state index < -0.39 is 0 Å². The van der Waals surface area contributed by atoms with Crippen LogP contribution in [0.15, 0.2) is 0 Å². The third-order valence-corrected chi connectivity index (χ3v) is 5.52. The van der Waals surface area contributed by atoms with Crippen molar-refractivity contribution in [2.24, 2.45) is 0 Å². The Morgan fingerprint density at radius 2 is 1.86 bits per heavy atom. The first kappa shape index (κ1) is 17.4. The number of halogens is 2. The molecule has 1 fully saturated rings. The molecule has 1 aliphatic heterocycles. The molecule has 1 aliphatic rings. The summed E-state index contributed by atoms with van der Waals surface area (Å²) >= 11 is 8.63. The first-order valence-electron chi connectivity index (χ1n) is 7.32. The zero-order chi connectivity index (χ0) is 15.8. The number of rotatable bonds is 1. The predicted octanol–water partition coefficient (Wildman–Crippen LogP) is 3.34. The largest absolute Gasteiger partial charge is 0.304 e. The highest BCUT2D eigenvalue weighted by Gasteiger charge is 2.28. The number of nitrogens with zero attached hydrogens (tertiary/aromatic N) is 4. The van der Waals surface area contributed by atoms with Crippen LogP contribution in [0.25, 0.3) is 0 Å². The molecule has 0 bridgehead atoms. The lowest BCUT2D eigenvalue weighted by Crippen LogP contribution is -2.33. The molecule has 0 saturated carbocycles. The minimum Gasteiger partial charge on any atom is -0.304 e. The van der Waals surface area contributed by atoms with E-state index in [0.29, 0.717) is 5.15 Å². The van der Waals surface area contributed by atoms with E-state index in [1.54, 1.807) is 0 Å². The highest BCUT2D eigenvalue weighted by Crippen LogP contribution is 2.31. The maximum Gasteiger partial charge on any atom is 0.148 e. The van der Waals surface area contributed by atoms with Crippen molar-refractivity contribution < 1.29 is 0 Å². The lowest BCUT2D eigenvalue weighted by Gasteiger charge is -2.28. The summed E-state index contributed by atoms with van der Waals surface area (Å²) in [5.74, 6) is 0.849. The summed E-state index contributed by atoms with van der Waals surface area (Å²) in [6, 6.07) is 0.202. The molecule has 21 heavy (non-hydrogen) atoms. The van der Waals surface area contributed by atoms with Crippen LogP contribution in [0, 0.1) is 3.57 Å². The van der Waals surface area contributed by atoms with Crippen molar-refractivity contribution in [1.82, 2.24) is 19.8 Å². The molecule has 1 unspecified atom stereocenters. The van der Waals surface area contributed by atoms with Crippen LogP contribution in [0.1, 0.15) is 44.8 Å². The number of aromatic nitrogens is 2. The molecule has 0 N–H and O–H groups in total. The molecule has 1 saturated heterocycles. The minimum absolute atomic E-state index is 0.0347. The number of hydrogen-bond acceptors (Lipinski definition) is 4. The highest BCUT2D eigenvalue weighted by molar-refractivity contribution is 14.1. The van der Waals surface area contributed by atoms with Gasteiger partial charge in [0.1, 0.15) is 11.0 Å². The second kappa shape index (κ2) is 6.64. The quantitative estimate of drug-likeness (QED) is 0.513.